The van der Waals surface area contributed by atoms with Gasteiger partial charge in [0.15, 0.2) is 0 Å². The first kappa shape index (κ1) is 16.0. The highest BCUT2D eigenvalue weighted by Gasteiger charge is 2.26. The summed E-state index contributed by atoms with van der Waals surface area (Å²) in [5.74, 6) is 0.469. The molecule has 0 saturated heterocycles. The van der Waals surface area contributed by atoms with E-state index in [1.165, 1.54) is 11.6 Å². The quantitative estimate of drug-likeness (QED) is 0.905. The molecule has 0 aromatic heterocycles. The number of aliphatic hydroxyl groups excluding tert-OH is 1. The van der Waals surface area contributed by atoms with Gasteiger partial charge < -0.3 is 10.4 Å². The number of hydrogen-bond donors (Lipinski definition) is 2. The number of carbonyl (C=O) groups is 1. The van der Waals surface area contributed by atoms with Crippen LogP contribution in [0.3, 0.4) is 0 Å². The summed E-state index contributed by atoms with van der Waals surface area (Å²) in [4.78, 5) is 12.5. The average molecular weight is 331 g/mol. The molecule has 0 fully saturated rings. The fraction of sp³-hybridized carbons (Fsp3) is 0.278. The summed E-state index contributed by atoms with van der Waals surface area (Å²) in [7, 11) is 0. The Morgan fingerprint density at radius 3 is 2.96 bits per heavy atom. The van der Waals surface area contributed by atoms with Crippen LogP contribution < -0.4 is 5.32 Å². The molecule has 3 rings (SSSR count). The Balaban J connectivity index is 1.69. The van der Waals surface area contributed by atoms with Gasteiger partial charge in [-0.1, -0.05) is 30.3 Å². The molecule has 5 heteroatoms. The van der Waals surface area contributed by atoms with Gasteiger partial charge >= 0.3 is 0 Å². The number of amides is 1. The lowest BCUT2D eigenvalue weighted by Gasteiger charge is -2.24. The van der Waals surface area contributed by atoms with Crippen molar-refractivity contribution in [2.24, 2.45) is 0 Å². The van der Waals surface area contributed by atoms with E-state index in [9.17, 15) is 9.18 Å². The Labute approximate surface area is 138 Å². The summed E-state index contributed by atoms with van der Waals surface area (Å²) in [5, 5.41) is 11.8. The molecular weight excluding hydrogens is 313 g/mol. The van der Waals surface area contributed by atoms with Crippen LogP contribution in [0, 0.1) is 5.82 Å². The van der Waals surface area contributed by atoms with Crippen molar-refractivity contribution < 1.29 is 14.3 Å². The summed E-state index contributed by atoms with van der Waals surface area (Å²) in [6.07, 6.45) is 0.989. The van der Waals surface area contributed by atoms with Crippen LogP contribution in [-0.4, -0.2) is 16.8 Å². The number of benzene rings is 2. The number of hydrogen-bond acceptors (Lipinski definition) is 3. The van der Waals surface area contributed by atoms with Crippen LogP contribution in [0.5, 0.6) is 0 Å². The fourth-order valence-corrected chi connectivity index (χ4v) is 3.97. The summed E-state index contributed by atoms with van der Waals surface area (Å²) in [5.41, 5.74) is 3.33. The number of halogens is 1. The fourth-order valence-electron chi connectivity index (χ4n) is 2.75. The van der Waals surface area contributed by atoms with Crippen LogP contribution in [0.4, 0.5) is 4.39 Å². The van der Waals surface area contributed by atoms with Crippen molar-refractivity contribution in [2.45, 2.75) is 24.8 Å². The second kappa shape index (κ2) is 7.15. The molecule has 3 nitrogen and oxygen atoms in total. The normalized spacial score (nSPS) is 16.7. The molecule has 0 saturated carbocycles. The molecule has 1 amide bonds. The highest BCUT2D eigenvalue weighted by molar-refractivity contribution is 8.00. The third kappa shape index (κ3) is 3.57. The van der Waals surface area contributed by atoms with Gasteiger partial charge in [-0.25, -0.2) is 4.39 Å². The molecule has 120 valence electrons. The van der Waals surface area contributed by atoms with Gasteiger partial charge in [0.1, 0.15) is 11.1 Å². The topological polar surface area (TPSA) is 49.3 Å². The first-order chi connectivity index (χ1) is 11.2. The Morgan fingerprint density at radius 1 is 1.30 bits per heavy atom. The van der Waals surface area contributed by atoms with E-state index in [1.54, 1.807) is 23.9 Å². The molecule has 0 aliphatic carbocycles. The van der Waals surface area contributed by atoms with Crippen molar-refractivity contribution >= 4 is 17.7 Å². The smallest absolute Gasteiger partial charge is 0.237 e. The standard InChI is InChI=1S/C18H18FNO2S/c19-16-6-5-12(9-14(16)11-21)10-20-18(22)17-15-4-2-1-3-13(15)7-8-23-17/h1-6,9,17,21H,7-8,10-11H2,(H,20,22). The zero-order valence-corrected chi connectivity index (χ0v) is 13.4. The third-order valence-electron chi connectivity index (χ3n) is 3.98. The Kier molecular flexibility index (Phi) is 4.98. The minimum Gasteiger partial charge on any atom is -0.392 e. The first-order valence-electron chi connectivity index (χ1n) is 7.54. The predicted molar refractivity (Wildman–Crippen MR) is 89.5 cm³/mol. The van der Waals surface area contributed by atoms with Gasteiger partial charge in [-0.3, -0.25) is 4.79 Å². The maximum atomic E-state index is 13.4. The molecule has 0 bridgehead atoms. The maximum absolute atomic E-state index is 13.4. The monoisotopic (exact) mass is 331 g/mol. The largest absolute Gasteiger partial charge is 0.392 e. The Morgan fingerprint density at radius 2 is 2.13 bits per heavy atom. The van der Waals surface area contributed by atoms with E-state index in [0.29, 0.717) is 6.54 Å². The number of nitrogens with one attached hydrogen (secondary N) is 1. The SMILES string of the molecule is O=C(NCc1ccc(F)c(CO)c1)C1SCCc2ccccc21. The van der Waals surface area contributed by atoms with Gasteiger partial charge in [0.05, 0.1) is 6.61 Å². The molecule has 1 heterocycles. The van der Waals surface area contributed by atoms with E-state index >= 15 is 0 Å². The zero-order valence-electron chi connectivity index (χ0n) is 12.6. The van der Waals surface area contributed by atoms with E-state index in [-0.39, 0.29) is 23.3 Å². The molecule has 1 unspecified atom stereocenters. The number of thioether (sulfide) groups is 1. The molecule has 2 N–H and O–H groups in total. The average Bonchev–Trinajstić information content (AvgIpc) is 2.60. The van der Waals surface area contributed by atoms with Gasteiger partial charge in [0.25, 0.3) is 0 Å². The lowest BCUT2D eigenvalue weighted by atomic mass is 10.0. The zero-order chi connectivity index (χ0) is 16.2. The minimum absolute atomic E-state index is 0.0305. The van der Waals surface area contributed by atoms with Crippen LogP contribution >= 0.6 is 11.8 Å². The van der Waals surface area contributed by atoms with Crippen molar-refractivity contribution in [3.63, 3.8) is 0 Å². The summed E-state index contributed by atoms with van der Waals surface area (Å²) >= 11 is 1.65. The van der Waals surface area contributed by atoms with Gasteiger partial charge in [-0.15, -0.1) is 11.8 Å². The van der Waals surface area contributed by atoms with Crippen molar-refractivity contribution in [2.75, 3.05) is 5.75 Å². The molecule has 0 radical (unpaired) electrons. The predicted octanol–water partition coefficient (Wildman–Crippen LogP) is 2.96. The van der Waals surface area contributed by atoms with Gasteiger partial charge in [-0.2, -0.15) is 0 Å². The van der Waals surface area contributed by atoms with Crippen molar-refractivity contribution in [3.05, 3.63) is 70.5 Å². The van der Waals surface area contributed by atoms with Gasteiger partial charge in [0, 0.05) is 12.1 Å². The van der Waals surface area contributed by atoms with E-state index in [0.717, 1.165) is 23.3 Å². The van der Waals surface area contributed by atoms with Crippen LogP contribution in [0.2, 0.25) is 0 Å². The van der Waals surface area contributed by atoms with E-state index in [4.69, 9.17) is 5.11 Å². The van der Waals surface area contributed by atoms with Crippen molar-refractivity contribution in [1.82, 2.24) is 5.32 Å². The minimum atomic E-state index is -0.431. The summed E-state index contributed by atoms with van der Waals surface area (Å²) < 4.78 is 13.4. The summed E-state index contributed by atoms with van der Waals surface area (Å²) in [6.45, 7) is -0.0230. The molecule has 1 aliphatic heterocycles. The van der Waals surface area contributed by atoms with E-state index in [1.807, 2.05) is 18.2 Å². The van der Waals surface area contributed by atoms with Crippen molar-refractivity contribution in [1.29, 1.82) is 0 Å². The van der Waals surface area contributed by atoms with Gasteiger partial charge in [-0.05, 0) is 41.0 Å². The second-order valence-electron chi connectivity index (χ2n) is 5.50. The first-order valence-corrected chi connectivity index (χ1v) is 8.59. The number of fused-ring (bicyclic) bond motifs is 1. The molecule has 1 atom stereocenters. The molecule has 0 spiro atoms. The molecule has 1 aliphatic rings. The van der Waals surface area contributed by atoms with E-state index < -0.39 is 5.82 Å². The lowest BCUT2D eigenvalue weighted by molar-refractivity contribution is -0.120. The number of rotatable bonds is 4. The Hall–Kier alpha value is -1.85. The molecule has 2 aromatic rings. The molecule has 23 heavy (non-hydrogen) atoms. The number of aryl methyl sites for hydroxylation is 1. The van der Waals surface area contributed by atoms with Crippen LogP contribution in [0.1, 0.15) is 27.5 Å². The van der Waals surface area contributed by atoms with E-state index in [2.05, 4.69) is 11.4 Å². The number of carbonyl (C=O) groups excluding carboxylic acids is 1. The Bertz CT molecular complexity index is 720. The van der Waals surface area contributed by atoms with Gasteiger partial charge in [0.2, 0.25) is 5.91 Å². The maximum Gasteiger partial charge on any atom is 0.237 e. The summed E-state index contributed by atoms with van der Waals surface area (Å²) in [6, 6.07) is 12.6. The molecule has 2 aromatic carbocycles. The molecular formula is C18H18FNO2S. The van der Waals surface area contributed by atoms with Crippen molar-refractivity contribution in [3.8, 4) is 0 Å². The van der Waals surface area contributed by atoms with Crippen LogP contribution in [-0.2, 0) is 24.4 Å². The van der Waals surface area contributed by atoms with Crippen LogP contribution in [0.25, 0.3) is 0 Å². The lowest BCUT2D eigenvalue weighted by Crippen LogP contribution is -2.29. The van der Waals surface area contributed by atoms with Crippen LogP contribution in [0.15, 0.2) is 42.5 Å². The third-order valence-corrected chi connectivity index (χ3v) is 5.22. The highest BCUT2D eigenvalue weighted by atomic mass is 32.2. The number of aliphatic hydroxyl groups is 1. The second-order valence-corrected chi connectivity index (χ2v) is 6.71. The highest BCUT2D eigenvalue weighted by Crippen LogP contribution is 2.36.